The van der Waals surface area contributed by atoms with Crippen LogP contribution in [0.3, 0.4) is 0 Å². The van der Waals surface area contributed by atoms with E-state index in [1.165, 1.54) is 17.8 Å². The Morgan fingerprint density at radius 1 is 1.10 bits per heavy atom. The van der Waals surface area contributed by atoms with Gasteiger partial charge in [-0.2, -0.15) is 4.68 Å². The molecule has 0 N–H and O–H groups in total. The topological polar surface area (TPSA) is 43.6 Å². The fourth-order valence-corrected chi connectivity index (χ4v) is 3.04. The third-order valence-electron chi connectivity index (χ3n) is 2.85. The lowest BCUT2D eigenvalue weighted by Crippen LogP contribution is -1.99. The van der Waals surface area contributed by atoms with Crippen molar-refractivity contribution in [3.05, 3.63) is 64.9 Å². The van der Waals surface area contributed by atoms with Crippen LogP contribution in [0, 0.1) is 5.82 Å². The van der Waals surface area contributed by atoms with Gasteiger partial charge in [0.25, 0.3) is 0 Å². The van der Waals surface area contributed by atoms with Crippen molar-refractivity contribution < 1.29 is 4.39 Å². The number of rotatable bonds is 4. The molecule has 0 spiro atoms. The summed E-state index contributed by atoms with van der Waals surface area (Å²) in [6.45, 7) is 0. The Balaban J connectivity index is 1.83. The van der Waals surface area contributed by atoms with Crippen LogP contribution in [0.5, 0.6) is 0 Å². The highest BCUT2D eigenvalue weighted by atomic mass is 35.5. The van der Waals surface area contributed by atoms with Crippen LogP contribution in [0.4, 0.5) is 4.39 Å². The standard InChI is InChI=1S/C14H10ClFN4S/c15-12-7-4-8-13(16)11(12)9-21-14-17-18-19-20(14)10-5-2-1-3-6-10/h1-8H,9H2. The van der Waals surface area contributed by atoms with Crippen LogP contribution in [0.2, 0.25) is 5.02 Å². The number of para-hydroxylation sites is 1. The molecule has 0 saturated heterocycles. The highest BCUT2D eigenvalue weighted by molar-refractivity contribution is 7.98. The molecule has 21 heavy (non-hydrogen) atoms. The van der Waals surface area contributed by atoms with E-state index in [2.05, 4.69) is 15.5 Å². The Morgan fingerprint density at radius 2 is 1.90 bits per heavy atom. The van der Waals surface area contributed by atoms with E-state index in [1.54, 1.807) is 16.8 Å². The minimum absolute atomic E-state index is 0.325. The van der Waals surface area contributed by atoms with Gasteiger partial charge in [-0.1, -0.05) is 47.6 Å². The van der Waals surface area contributed by atoms with Crippen LogP contribution in [0.1, 0.15) is 5.56 Å². The van der Waals surface area contributed by atoms with Crippen molar-refractivity contribution in [2.75, 3.05) is 0 Å². The highest BCUT2D eigenvalue weighted by Crippen LogP contribution is 2.28. The summed E-state index contributed by atoms with van der Waals surface area (Å²) >= 11 is 7.35. The fraction of sp³-hybridized carbons (Fsp3) is 0.0714. The zero-order chi connectivity index (χ0) is 14.7. The second-order valence-electron chi connectivity index (χ2n) is 4.20. The Labute approximate surface area is 129 Å². The van der Waals surface area contributed by atoms with Gasteiger partial charge in [0, 0.05) is 16.3 Å². The first-order chi connectivity index (χ1) is 10.3. The summed E-state index contributed by atoms with van der Waals surface area (Å²) in [7, 11) is 0. The average molecular weight is 321 g/mol. The van der Waals surface area contributed by atoms with E-state index in [9.17, 15) is 4.39 Å². The Bertz CT molecular complexity index is 727. The lowest BCUT2D eigenvalue weighted by atomic mass is 10.2. The van der Waals surface area contributed by atoms with Gasteiger partial charge in [0.2, 0.25) is 5.16 Å². The van der Waals surface area contributed by atoms with Gasteiger partial charge in [0.15, 0.2) is 0 Å². The molecule has 0 saturated carbocycles. The number of aromatic nitrogens is 4. The van der Waals surface area contributed by atoms with Gasteiger partial charge in [-0.3, -0.25) is 0 Å². The molecule has 0 unspecified atom stereocenters. The normalized spacial score (nSPS) is 10.8. The quantitative estimate of drug-likeness (QED) is 0.687. The first-order valence-corrected chi connectivity index (χ1v) is 7.51. The molecule has 3 aromatic rings. The second-order valence-corrected chi connectivity index (χ2v) is 5.55. The molecule has 2 aromatic carbocycles. The van der Waals surface area contributed by atoms with Crippen molar-refractivity contribution in [1.82, 2.24) is 20.2 Å². The summed E-state index contributed by atoms with van der Waals surface area (Å²) in [5.74, 6) is 0.0346. The van der Waals surface area contributed by atoms with Crippen molar-refractivity contribution >= 4 is 23.4 Å². The van der Waals surface area contributed by atoms with Crippen molar-refractivity contribution in [3.8, 4) is 5.69 Å². The summed E-state index contributed by atoms with van der Waals surface area (Å²) in [5, 5.41) is 12.6. The third-order valence-corrected chi connectivity index (χ3v) is 4.15. The molecule has 106 valence electrons. The van der Waals surface area contributed by atoms with Crippen LogP contribution in [0.25, 0.3) is 5.69 Å². The van der Waals surface area contributed by atoms with Crippen molar-refractivity contribution in [3.63, 3.8) is 0 Å². The Kier molecular flexibility index (Phi) is 4.17. The van der Waals surface area contributed by atoms with Crippen molar-refractivity contribution in [1.29, 1.82) is 0 Å². The molecule has 0 radical (unpaired) electrons. The van der Waals surface area contributed by atoms with Gasteiger partial charge in [0.05, 0.1) is 5.69 Å². The molecule has 0 amide bonds. The Hall–Kier alpha value is -1.92. The van der Waals surface area contributed by atoms with E-state index in [0.29, 0.717) is 21.5 Å². The molecule has 3 rings (SSSR count). The third kappa shape index (κ3) is 3.06. The molecule has 0 aliphatic carbocycles. The maximum atomic E-state index is 13.7. The summed E-state index contributed by atoms with van der Waals surface area (Å²) in [6, 6.07) is 14.2. The zero-order valence-electron chi connectivity index (χ0n) is 10.8. The molecule has 1 aromatic heterocycles. The molecule has 7 heteroatoms. The molecule has 4 nitrogen and oxygen atoms in total. The van der Waals surface area contributed by atoms with Gasteiger partial charge in [-0.05, 0) is 34.7 Å². The zero-order valence-corrected chi connectivity index (χ0v) is 12.4. The summed E-state index contributed by atoms with van der Waals surface area (Å²) in [4.78, 5) is 0. The van der Waals surface area contributed by atoms with E-state index < -0.39 is 0 Å². The van der Waals surface area contributed by atoms with Crippen LogP contribution >= 0.6 is 23.4 Å². The SMILES string of the molecule is Fc1cccc(Cl)c1CSc1nnnn1-c1ccccc1. The summed E-state index contributed by atoms with van der Waals surface area (Å²) < 4.78 is 15.4. The van der Waals surface area contributed by atoms with Crippen LogP contribution < -0.4 is 0 Å². The van der Waals surface area contributed by atoms with Crippen LogP contribution in [-0.4, -0.2) is 20.2 Å². The molecule has 0 fully saturated rings. The minimum atomic E-state index is -0.325. The van der Waals surface area contributed by atoms with E-state index in [0.717, 1.165) is 5.69 Å². The van der Waals surface area contributed by atoms with Gasteiger partial charge in [-0.15, -0.1) is 5.10 Å². The maximum absolute atomic E-state index is 13.7. The minimum Gasteiger partial charge on any atom is -0.207 e. The van der Waals surface area contributed by atoms with Crippen molar-refractivity contribution in [2.45, 2.75) is 10.9 Å². The lowest BCUT2D eigenvalue weighted by molar-refractivity contribution is 0.617. The number of thioether (sulfide) groups is 1. The predicted octanol–water partition coefficient (Wildman–Crippen LogP) is 3.75. The largest absolute Gasteiger partial charge is 0.214 e. The van der Waals surface area contributed by atoms with Crippen molar-refractivity contribution in [2.24, 2.45) is 0 Å². The molecule has 0 atom stereocenters. The molecule has 0 bridgehead atoms. The number of nitrogens with zero attached hydrogens (tertiary/aromatic N) is 4. The average Bonchev–Trinajstić information content (AvgIpc) is 2.96. The smallest absolute Gasteiger partial charge is 0.207 e. The summed E-state index contributed by atoms with van der Waals surface area (Å²) in [6.07, 6.45) is 0. The highest BCUT2D eigenvalue weighted by Gasteiger charge is 2.12. The van der Waals surface area contributed by atoms with E-state index in [4.69, 9.17) is 11.6 Å². The Morgan fingerprint density at radius 3 is 2.67 bits per heavy atom. The molecule has 1 heterocycles. The van der Waals surface area contributed by atoms with Gasteiger partial charge in [0.1, 0.15) is 5.82 Å². The van der Waals surface area contributed by atoms with E-state index in [-0.39, 0.29) is 5.82 Å². The number of hydrogen-bond donors (Lipinski definition) is 0. The summed E-state index contributed by atoms with van der Waals surface area (Å²) in [5.41, 5.74) is 1.30. The molecular formula is C14H10ClFN4S. The molecular weight excluding hydrogens is 311 g/mol. The predicted molar refractivity (Wildman–Crippen MR) is 80.1 cm³/mol. The number of halogens is 2. The van der Waals surface area contributed by atoms with Crippen LogP contribution in [-0.2, 0) is 5.75 Å². The lowest BCUT2D eigenvalue weighted by Gasteiger charge is -2.06. The second kappa shape index (κ2) is 6.24. The first kappa shape index (κ1) is 14.0. The fourth-order valence-electron chi connectivity index (χ4n) is 1.81. The van der Waals surface area contributed by atoms with E-state index >= 15 is 0 Å². The monoisotopic (exact) mass is 320 g/mol. The van der Waals surface area contributed by atoms with Gasteiger partial charge >= 0.3 is 0 Å². The maximum Gasteiger partial charge on any atom is 0.214 e. The number of benzene rings is 2. The molecule has 0 aliphatic rings. The number of tetrazole rings is 1. The van der Waals surface area contributed by atoms with Gasteiger partial charge < -0.3 is 0 Å². The number of hydrogen-bond acceptors (Lipinski definition) is 4. The van der Waals surface area contributed by atoms with Gasteiger partial charge in [-0.25, -0.2) is 4.39 Å². The first-order valence-electron chi connectivity index (χ1n) is 6.15. The van der Waals surface area contributed by atoms with Crippen LogP contribution in [0.15, 0.2) is 53.7 Å². The molecule has 0 aliphatic heterocycles. The van der Waals surface area contributed by atoms with E-state index in [1.807, 2.05) is 30.3 Å².